The predicted molar refractivity (Wildman–Crippen MR) is 71.4 cm³/mol. The van der Waals surface area contributed by atoms with Crippen molar-refractivity contribution in [3.63, 3.8) is 0 Å². The number of benzene rings is 1. The summed E-state index contributed by atoms with van der Waals surface area (Å²) in [5.41, 5.74) is 1.12. The fourth-order valence-electron chi connectivity index (χ4n) is 1.65. The van der Waals surface area contributed by atoms with Crippen molar-refractivity contribution in [3.8, 4) is 0 Å². The van der Waals surface area contributed by atoms with Crippen molar-refractivity contribution < 1.29 is 9.84 Å². The van der Waals surface area contributed by atoms with Gasteiger partial charge in [-0.3, -0.25) is 0 Å². The standard InChI is InChI=1S/C14H21NO2/c1-3-10-17-12-14(16)11-15(4-2)13-8-6-5-7-9-13/h3,5-9,14,16H,1,4,10-12H2,2H3. The maximum Gasteiger partial charge on any atom is 0.0948 e. The summed E-state index contributed by atoms with van der Waals surface area (Å²) in [6.07, 6.45) is 1.21. The highest BCUT2D eigenvalue weighted by molar-refractivity contribution is 5.45. The molecule has 1 N–H and O–H groups in total. The van der Waals surface area contributed by atoms with Gasteiger partial charge in [-0.05, 0) is 19.1 Å². The summed E-state index contributed by atoms with van der Waals surface area (Å²) < 4.78 is 5.23. The van der Waals surface area contributed by atoms with E-state index in [0.29, 0.717) is 19.8 Å². The van der Waals surface area contributed by atoms with Crippen molar-refractivity contribution in [1.82, 2.24) is 0 Å². The molecule has 3 nitrogen and oxygen atoms in total. The summed E-state index contributed by atoms with van der Waals surface area (Å²) in [7, 11) is 0. The summed E-state index contributed by atoms with van der Waals surface area (Å²) in [5.74, 6) is 0. The van der Waals surface area contributed by atoms with Gasteiger partial charge in [0.2, 0.25) is 0 Å². The summed E-state index contributed by atoms with van der Waals surface area (Å²) in [4.78, 5) is 2.13. The molecule has 17 heavy (non-hydrogen) atoms. The fourth-order valence-corrected chi connectivity index (χ4v) is 1.65. The van der Waals surface area contributed by atoms with E-state index in [1.54, 1.807) is 6.08 Å². The molecule has 0 radical (unpaired) electrons. The lowest BCUT2D eigenvalue weighted by atomic mass is 10.2. The highest BCUT2D eigenvalue weighted by Crippen LogP contribution is 2.13. The number of aliphatic hydroxyl groups is 1. The molecule has 1 rings (SSSR count). The van der Waals surface area contributed by atoms with Gasteiger partial charge < -0.3 is 14.7 Å². The molecule has 0 aliphatic heterocycles. The number of likely N-dealkylation sites (N-methyl/N-ethyl adjacent to an activating group) is 1. The predicted octanol–water partition coefficient (Wildman–Crippen LogP) is 2.08. The molecule has 0 saturated heterocycles. The first-order valence-corrected chi connectivity index (χ1v) is 5.94. The van der Waals surface area contributed by atoms with E-state index in [4.69, 9.17) is 4.74 Å². The van der Waals surface area contributed by atoms with Crippen molar-refractivity contribution >= 4 is 5.69 Å². The largest absolute Gasteiger partial charge is 0.389 e. The van der Waals surface area contributed by atoms with Gasteiger partial charge in [-0.15, -0.1) is 6.58 Å². The second-order valence-corrected chi connectivity index (χ2v) is 3.85. The van der Waals surface area contributed by atoms with Crippen molar-refractivity contribution in [2.24, 2.45) is 0 Å². The van der Waals surface area contributed by atoms with E-state index >= 15 is 0 Å². The molecule has 3 heteroatoms. The van der Waals surface area contributed by atoms with E-state index in [-0.39, 0.29) is 0 Å². The number of para-hydroxylation sites is 1. The molecule has 0 aliphatic carbocycles. The second kappa shape index (κ2) is 7.87. The monoisotopic (exact) mass is 235 g/mol. The normalized spacial score (nSPS) is 12.1. The van der Waals surface area contributed by atoms with E-state index in [0.717, 1.165) is 12.2 Å². The molecule has 0 amide bonds. The lowest BCUT2D eigenvalue weighted by Gasteiger charge is -2.25. The third kappa shape index (κ3) is 5.02. The first-order chi connectivity index (χ1) is 8.27. The number of anilines is 1. The SMILES string of the molecule is C=CCOCC(O)CN(CC)c1ccccc1. The quantitative estimate of drug-likeness (QED) is 0.553. The minimum absolute atomic E-state index is 0.343. The lowest BCUT2D eigenvalue weighted by molar-refractivity contribution is 0.0533. The molecule has 0 heterocycles. The van der Waals surface area contributed by atoms with Crippen molar-refractivity contribution in [3.05, 3.63) is 43.0 Å². The van der Waals surface area contributed by atoms with Gasteiger partial charge in [-0.1, -0.05) is 24.3 Å². The smallest absolute Gasteiger partial charge is 0.0948 e. The van der Waals surface area contributed by atoms with Crippen LogP contribution in [0.25, 0.3) is 0 Å². The molecule has 0 spiro atoms. The van der Waals surface area contributed by atoms with Crippen molar-refractivity contribution in [2.45, 2.75) is 13.0 Å². The van der Waals surface area contributed by atoms with Gasteiger partial charge in [0.05, 0.1) is 19.3 Å². The Hall–Kier alpha value is -1.32. The van der Waals surface area contributed by atoms with Gasteiger partial charge in [0.1, 0.15) is 0 Å². The lowest BCUT2D eigenvalue weighted by Crippen LogP contribution is -2.34. The third-order valence-electron chi connectivity index (χ3n) is 2.48. The minimum Gasteiger partial charge on any atom is -0.389 e. The highest BCUT2D eigenvalue weighted by Gasteiger charge is 2.10. The third-order valence-corrected chi connectivity index (χ3v) is 2.48. The number of rotatable bonds is 8. The van der Waals surface area contributed by atoms with Gasteiger partial charge >= 0.3 is 0 Å². The molecule has 0 fully saturated rings. The maximum atomic E-state index is 9.84. The molecule has 1 aromatic carbocycles. The fraction of sp³-hybridized carbons (Fsp3) is 0.429. The van der Waals surface area contributed by atoms with Crippen LogP contribution in [0.15, 0.2) is 43.0 Å². The van der Waals surface area contributed by atoms with Crippen LogP contribution in [0.5, 0.6) is 0 Å². The van der Waals surface area contributed by atoms with Crippen LogP contribution in [0.1, 0.15) is 6.92 Å². The van der Waals surface area contributed by atoms with Gasteiger partial charge in [0.15, 0.2) is 0 Å². The summed E-state index contributed by atoms with van der Waals surface area (Å²) in [5, 5.41) is 9.84. The molecule has 0 aliphatic rings. The van der Waals surface area contributed by atoms with Crippen LogP contribution >= 0.6 is 0 Å². The number of aliphatic hydroxyl groups excluding tert-OH is 1. The zero-order chi connectivity index (χ0) is 12.5. The molecule has 0 aromatic heterocycles. The van der Waals surface area contributed by atoms with E-state index in [2.05, 4.69) is 18.4 Å². The molecule has 94 valence electrons. The molecule has 0 bridgehead atoms. The average molecular weight is 235 g/mol. The number of ether oxygens (including phenoxy) is 1. The number of hydrogen-bond donors (Lipinski definition) is 1. The number of nitrogens with zero attached hydrogens (tertiary/aromatic N) is 1. The Kier molecular flexibility index (Phi) is 6.37. The Morgan fingerprint density at radius 1 is 1.41 bits per heavy atom. The van der Waals surface area contributed by atoms with E-state index < -0.39 is 6.10 Å². The van der Waals surface area contributed by atoms with Crippen molar-refractivity contribution in [2.75, 3.05) is 31.2 Å². The topological polar surface area (TPSA) is 32.7 Å². The molecule has 1 atom stereocenters. The Balaban J connectivity index is 2.44. The van der Waals surface area contributed by atoms with E-state index in [9.17, 15) is 5.11 Å². The van der Waals surface area contributed by atoms with Crippen molar-refractivity contribution in [1.29, 1.82) is 0 Å². The summed E-state index contributed by atoms with van der Waals surface area (Å²) in [6, 6.07) is 10.1. The van der Waals surface area contributed by atoms with Crippen LogP contribution in [0.4, 0.5) is 5.69 Å². The maximum absolute atomic E-state index is 9.84. The van der Waals surface area contributed by atoms with E-state index in [1.165, 1.54) is 0 Å². The Morgan fingerprint density at radius 3 is 2.71 bits per heavy atom. The Bertz CT molecular complexity index is 313. The molecule has 1 unspecified atom stereocenters. The molecular formula is C14H21NO2. The van der Waals surface area contributed by atoms with Crippen LogP contribution in [0.2, 0.25) is 0 Å². The van der Waals surface area contributed by atoms with Gasteiger partial charge in [0, 0.05) is 18.8 Å². The van der Waals surface area contributed by atoms with Gasteiger partial charge in [-0.2, -0.15) is 0 Å². The van der Waals surface area contributed by atoms with Crippen LogP contribution in [-0.4, -0.2) is 37.5 Å². The average Bonchev–Trinajstić information content (AvgIpc) is 2.37. The van der Waals surface area contributed by atoms with E-state index in [1.807, 2.05) is 30.3 Å². The molecule has 0 saturated carbocycles. The first kappa shape index (κ1) is 13.7. The second-order valence-electron chi connectivity index (χ2n) is 3.85. The number of hydrogen-bond acceptors (Lipinski definition) is 3. The minimum atomic E-state index is -0.477. The van der Waals surface area contributed by atoms with Crippen LogP contribution in [0.3, 0.4) is 0 Å². The van der Waals surface area contributed by atoms with Gasteiger partial charge in [0.25, 0.3) is 0 Å². The first-order valence-electron chi connectivity index (χ1n) is 5.94. The van der Waals surface area contributed by atoms with Crippen LogP contribution in [-0.2, 0) is 4.74 Å². The Morgan fingerprint density at radius 2 is 2.12 bits per heavy atom. The van der Waals surface area contributed by atoms with Crippen LogP contribution < -0.4 is 4.90 Å². The Labute approximate surface area is 103 Å². The molecular weight excluding hydrogens is 214 g/mol. The summed E-state index contributed by atoms with van der Waals surface area (Å²) in [6.45, 7) is 7.91. The zero-order valence-electron chi connectivity index (χ0n) is 10.4. The highest BCUT2D eigenvalue weighted by atomic mass is 16.5. The molecule has 1 aromatic rings. The van der Waals surface area contributed by atoms with Crippen LogP contribution in [0, 0.1) is 0 Å². The zero-order valence-corrected chi connectivity index (χ0v) is 10.4. The van der Waals surface area contributed by atoms with Gasteiger partial charge in [-0.25, -0.2) is 0 Å². The summed E-state index contributed by atoms with van der Waals surface area (Å²) >= 11 is 0.